The van der Waals surface area contributed by atoms with Crippen LogP contribution in [0.15, 0.2) is 17.5 Å². The van der Waals surface area contributed by atoms with E-state index in [-0.39, 0.29) is 11.9 Å². The SMILES string of the molecule is CC1(C)NC(=O)N(c2cccs2)C1=O. The maximum absolute atomic E-state index is 11.8. The molecule has 4 nitrogen and oxygen atoms in total. The zero-order valence-electron chi connectivity index (χ0n) is 7.90. The van der Waals surface area contributed by atoms with Gasteiger partial charge in [-0.1, -0.05) is 0 Å². The predicted molar refractivity (Wildman–Crippen MR) is 54.4 cm³/mol. The first-order valence-corrected chi connectivity index (χ1v) is 5.10. The Morgan fingerprint density at radius 2 is 2.14 bits per heavy atom. The third kappa shape index (κ3) is 1.21. The summed E-state index contributed by atoms with van der Waals surface area (Å²) in [5.74, 6) is -0.204. The number of nitrogens with one attached hydrogen (secondary N) is 1. The quantitative estimate of drug-likeness (QED) is 0.715. The van der Waals surface area contributed by atoms with E-state index in [2.05, 4.69) is 5.32 Å². The van der Waals surface area contributed by atoms with E-state index in [0.717, 1.165) is 0 Å². The molecule has 0 radical (unpaired) electrons. The topological polar surface area (TPSA) is 49.4 Å². The second kappa shape index (κ2) is 2.81. The smallest absolute Gasteiger partial charge is 0.323 e. The lowest BCUT2D eigenvalue weighted by molar-refractivity contribution is -0.120. The second-order valence-corrected chi connectivity index (χ2v) is 4.57. The van der Waals surface area contributed by atoms with Crippen LogP contribution in [0.25, 0.3) is 0 Å². The number of hydrogen-bond donors (Lipinski definition) is 1. The van der Waals surface area contributed by atoms with Crippen molar-refractivity contribution >= 4 is 28.3 Å². The average molecular weight is 210 g/mol. The highest BCUT2D eigenvalue weighted by molar-refractivity contribution is 7.14. The number of carbonyl (C=O) groups excluding carboxylic acids is 2. The summed E-state index contributed by atoms with van der Waals surface area (Å²) in [4.78, 5) is 24.5. The predicted octanol–water partition coefficient (Wildman–Crippen LogP) is 1.58. The van der Waals surface area contributed by atoms with Gasteiger partial charge in [0.15, 0.2) is 0 Å². The van der Waals surface area contributed by atoms with Crippen molar-refractivity contribution in [2.45, 2.75) is 19.4 Å². The van der Waals surface area contributed by atoms with E-state index in [9.17, 15) is 9.59 Å². The van der Waals surface area contributed by atoms with E-state index in [1.165, 1.54) is 16.2 Å². The van der Waals surface area contributed by atoms with Crippen molar-refractivity contribution in [3.8, 4) is 0 Å². The van der Waals surface area contributed by atoms with Crippen LogP contribution >= 0.6 is 11.3 Å². The van der Waals surface area contributed by atoms with Gasteiger partial charge in [-0.3, -0.25) is 4.79 Å². The molecule has 0 saturated carbocycles. The first kappa shape index (κ1) is 9.21. The van der Waals surface area contributed by atoms with E-state index in [0.29, 0.717) is 5.00 Å². The zero-order valence-corrected chi connectivity index (χ0v) is 8.72. The van der Waals surface area contributed by atoms with Crippen LogP contribution < -0.4 is 10.2 Å². The Hall–Kier alpha value is -1.36. The van der Waals surface area contributed by atoms with Gasteiger partial charge >= 0.3 is 6.03 Å². The Bertz CT molecular complexity index is 384. The van der Waals surface area contributed by atoms with Gasteiger partial charge < -0.3 is 5.32 Å². The third-order valence-corrected chi connectivity index (χ3v) is 2.94. The van der Waals surface area contributed by atoms with Gasteiger partial charge in [0.25, 0.3) is 5.91 Å². The summed E-state index contributed by atoms with van der Waals surface area (Å²) in [5, 5.41) is 5.12. The van der Waals surface area contributed by atoms with Gasteiger partial charge in [-0.2, -0.15) is 0 Å². The highest BCUT2D eigenvalue weighted by Crippen LogP contribution is 2.27. The molecule has 2 heterocycles. The summed E-state index contributed by atoms with van der Waals surface area (Å²) in [7, 11) is 0. The van der Waals surface area contributed by atoms with Crippen LogP contribution in [0.3, 0.4) is 0 Å². The van der Waals surface area contributed by atoms with Gasteiger partial charge in [-0.15, -0.1) is 11.3 Å². The van der Waals surface area contributed by atoms with Crippen molar-refractivity contribution in [3.05, 3.63) is 17.5 Å². The lowest BCUT2D eigenvalue weighted by atomic mass is 10.1. The van der Waals surface area contributed by atoms with Crippen molar-refractivity contribution in [3.63, 3.8) is 0 Å². The Morgan fingerprint density at radius 1 is 1.43 bits per heavy atom. The zero-order chi connectivity index (χ0) is 10.3. The number of imide groups is 1. The van der Waals surface area contributed by atoms with E-state index < -0.39 is 5.54 Å². The van der Waals surface area contributed by atoms with Crippen LogP contribution in [0.1, 0.15) is 13.8 Å². The van der Waals surface area contributed by atoms with E-state index in [1.807, 2.05) is 11.4 Å². The molecule has 1 saturated heterocycles. The number of carbonyl (C=O) groups is 2. The number of hydrogen-bond acceptors (Lipinski definition) is 3. The number of rotatable bonds is 1. The summed E-state index contributed by atoms with van der Waals surface area (Å²) in [6.07, 6.45) is 0. The maximum Gasteiger partial charge on any atom is 0.330 e. The van der Waals surface area contributed by atoms with Gasteiger partial charge in [-0.25, -0.2) is 9.69 Å². The molecular formula is C9H10N2O2S. The molecule has 0 unspecified atom stereocenters. The molecule has 0 spiro atoms. The molecule has 1 N–H and O–H groups in total. The van der Waals surface area contributed by atoms with Gasteiger partial charge in [0.05, 0.1) is 0 Å². The standard InChI is InChI=1S/C9H10N2O2S/c1-9(2)7(12)11(8(13)10-9)6-4-3-5-14-6/h3-5H,1-2H3,(H,10,13). The Kier molecular flexibility index (Phi) is 1.85. The number of thiophene rings is 1. The molecule has 1 aliphatic rings. The monoisotopic (exact) mass is 210 g/mol. The minimum absolute atomic E-state index is 0.204. The van der Waals surface area contributed by atoms with Gasteiger partial charge in [0.2, 0.25) is 0 Å². The minimum atomic E-state index is -0.791. The van der Waals surface area contributed by atoms with E-state index in [1.54, 1.807) is 19.9 Å². The molecule has 5 heteroatoms. The van der Waals surface area contributed by atoms with Crippen molar-refractivity contribution in [1.29, 1.82) is 0 Å². The number of nitrogens with zero attached hydrogens (tertiary/aromatic N) is 1. The van der Waals surface area contributed by atoms with Crippen LogP contribution in [0.5, 0.6) is 0 Å². The van der Waals surface area contributed by atoms with Crippen LogP contribution in [-0.4, -0.2) is 17.5 Å². The minimum Gasteiger partial charge on any atom is -0.323 e. The van der Waals surface area contributed by atoms with Crippen LogP contribution in [-0.2, 0) is 4.79 Å². The van der Waals surface area contributed by atoms with Crippen LogP contribution in [0, 0.1) is 0 Å². The Balaban J connectivity index is 2.39. The molecule has 0 aromatic carbocycles. The molecule has 0 bridgehead atoms. The van der Waals surface area contributed by atoms with Crippen LogP contribution in [0.2, 0.25) is 0 Å². The number of amides is 3. The lowest BCUT2D eigenvalue weighted by Gasteiger charge is -2.14. The first-order chi connectivity index (χ1) is 6.52. The summed E-state index contributed by atoms with van der Waals surface area (Å²) < 4.78 is 0. The average Bonchev–Trinajstić information content (AvgIpc) is 2.61. The Labute approximate surface area is 85.5 Å². The molecule has 74 valence electrons. The van der Waals surface area contributed by atoms with Crippen molar-refractivity contribution in [1.82, 2.24) is 5.32 Å². The largest absolute Gasteiger partial charge is 0.330 e. The lowest BCUT2D eigenvalue weighted by Crippen LogP contribution is -2.40. The van der Waals surface area contributed by atoms with Gasteiger partial charge in [-0.05, 0) is 31.4 Å². The van der Waals surface area contributed by atoms with Gasteiger partial charge in [0.1, 0.15) is 10.5 Å². The summed E-state index contributed by atoms with van der Waals surface area (Å²) in [6, 6.07) is 3.22. The number of urea groups is 1. The van der Waals surface area contributed by atoms with E-state index in [4.69, 9.17) is 0 Å². The Morgan fingerprint density at radius 3 is 2.57 bits per heavy atom. The molecule has 14 heavy (non-hydrogen) atoms. The first-order valence-electron chi connectivity index (χ1n) is 4.22. The highest BCUT2D eigenvalue weighted by Gasteiger charge is 2.45. The fraction of sp³-hybridized carbons (Fsp3) is 0.333. The molecule has 1 aliphatic heterocycles. The fourth-order valence-electron chi connectivity index (χ4n) is 1.35. The number of anilines is 1. The third-order valence-electron chi connectivity index (χ3n) is 2.09. The molecule has 1 fully saturated rings. The van der Waals surface area contributed by atoms with Gasteiger partial charge in [0, 0.05) is 0 Å². The molecule has 0 atom stereocenters. The molecule has 1 aromatic rings. The summed E-state index contributed by atoms with van der Waals surface area (Å²) >= 11 is 1.37. The normalized spacial score (nSPS) is 20.0. The van der Waals surface area contributed by atoms with Crippen molar-refractivity contribution in [2.75, 3.05) is 4.90 Å². The molecule has 1 aromatic heterocycles. The van der Waals surface area contributed by atoms with Crippen LogP contribution in [0.4, 0.5) is 9.80 Å². The maximum atomic E-state index is 11.8. The molecule has 3 amide bonds. The van der Waals surface area contributed by atoms with E-state index >= 15 is 0 Å². The molecule has 2 rings (SSSR count). The summed E-state index contributed by atoms with van der Waals surface area (Å²) in [6.45, 7) is 3.39. The summed E-state index contributed by atoms with van der Waals surface area (Å²) in [5.41, 5.74) is -0.791. The molecular weight excluding hydrogens is 200 g/mol. The van der Waals surface area contributed by atoms with Crippen molar-refractivity contribution < 1.29 is 9.59 Å². The van der Waals surface area contributed by atoms with Crippen molar-refractivity contribution in [2.24, 2.45) is 0 Å². The second-order valence-electron chi connectivity index (χ2n) is 3.65. The molecule has 0 aliphatic carbocycles. The fourth-order valence-corrected chi connectivity index (χ4v) is 2.07. The highest BCUT2D eigenvalue weighted by atomic mass is 32.1.